The smallest absolute Gasteiger partial charge is 0.206 e. The predicted molar refractivity (Wildman–Crippen MR) is 79.2 cm³/mol. The van der Waals surface area contributed by atoms with Crippen molar-refractivity contribution in [2.24, 2.45) is 7.05 Å². The van der Waals surface area contributed by atoms with Crippen molar-refractivity contribution < 1.29 is 4.39 Å². The van der Waals surface area contributed by atoms with E-state index in [9.17, 15) is 4.39 Å². The Labute approximate surface area is 117 Å². The second kappa shape index (κ2) is 4.96. The van der Waals surface area contributed by atoms with E-state index in [0.717, 1.165) is 22.5 Å². The van der Waals surface area contributed by atoms with Gasteiger partial charge < -0.3 is 9.47 Å². The monoisotopic (exact) mass is 269 g/mol. The molecule has 102 valence electrons. The summed E-state index contributed by atoms with van der Waals surface area (Å²) in [6, 6.07) is 14.7. The van der Waals surface area contributed by atoms with Crippen molar-refractivity contribution in [2.45, 2.75) is 6.54 Å². The summed E-state index contributed by atoms with van der Waals surface area (Å²) in [5, 5.41) is 0. The third kappa shape index (κ3) is 2.25. The van der Waals surface area contributed by atoms with Gasteiger partial charge in [0.05, 0.1) is 11.0 Å². The summed E-state index contributed by atoms with van der Waals surface area (Å²) >= 11 is 0. The van der Waals surface area contributed by atoms with E-state index in [1.807, 2.05) is 49.3 Å². The van der Waals surface area contributed by atoms with E-state index < -0.39 is 0 Å². The number of anilines is 1. The van der Waals surface area contributed by atoms with Crippen molar-refractivity contribution in [2.75, 3.05) is 11.9 Å². The zero-order valence-electron chi connectivity index (χ0n) is 11.5. The van der Waals surface area contributed by atoms with Crippen LogP contribution >= 0.6 is 0 Å². The molecule has 0 saturated heterocycles. The molecule has 2 aromatic carbocycles. The van der Waals surface area contributed by atoms with Gasteiger partial charge in [0.2, 0.25) is 5.95 Å². The van der Waals surface area contributed by atoms with E-state index in [2.05, 4.69) is 9.55 Å². The third-order valence-electron chi connectivity index (χ3n) is 3.41. The highest BCUT2D eigenvalue weighted by Gasteiger charge is 2.11. The largest absolute Gasteiger partial charge is 0.341 e. The lowest BCUT2D eigenvalue weighted by Gasteiger charge is -2.18. The standard InChI is InChI=1S/C16H16FN3/c1-19(11-12-6-5-7-13(17)10-12)16-18-14-8-3-4-9-15(14)20(16)2/h3-10H,11H2,1-2H3. The van der Waals surface area contributed by atoms with Crippen LogP contribution in [0.5, 0.6) is 0 Å². The quantitative estimate of drug-likeness (QED) is 0.727. The van der Waals surface area contributed by atoms with Crippen LogP contribution in [0.25, 0.3) is 11.0 Å². The molecule has 4 heteroatoms. The van der Waals surface area contributed by atoms with Gasteiger partial charge in [-0.25, -0.2) is 9.37 Å². The van der Waals surface area contributed by atoms with Gasteiger partial charge >= 0.3 is 0 Å². The molecule has 0 saturated carbocycles. The van der Waals surface area contributed by atoms with Gasteiger partial charge in [0.1, 0.15) is 5.82 Å². The molecule has 0 atom stereocenters. The fraction of sp³-hybridized carbons (Fsp3) is 0.188. The lowest BCUT2D eigenvalue weighted by molar-refractivity contribution is 0.625. The summed E-state index contributed by atoms with van der Waals surface area (Å²) < 4.78 is 15.3. The molecule has 3 rings (SSSR count). The molecule has 3 aromatic rings. The maximum Gasteiger partial charge on any atom is 0.206 e. The van der Waals surface area contributed by atoms with Crippen LogP contribution in [-0.2, 0) is 13.6 Å². The SMILES string of the molecule is CN(Cc1cccc(F)c1)c1nc2ccccc2n1C. The average Bonchev–Trinajstić information content (AvgIpc) is 2.77. The van der Waals surface area contributed by atoms with Crippen molar-refractivity contribution in [1.82, 2.24) is 9.55 Å². The summed E-state index contributed by atoms with van der Waals surface area (Å²) in [6.45, 7) is 0.620. The number of rotatable bonds is 3. The Morgan fingerprint density at radius 1 is 1.15 bits per heavy atom. The number of aromatic nitrogens is 2. The second-order valence-corrected chi connectivity index (χ2v) is 4.95. The number of fused-ring (bicyclic) bond motifs is 1. The normalized spacial score (nSPS) is 10.9. The van der Waals surface area contributed by atoms with Crippen molar-refractivity contribution in [3.05, 3.63) is 59.9 Å². The first kappa shape index (κ1) is 12.7. The van der Waals surface area contributed by atoms with Gasteiger partial charge in [-0.3, -0.25) is 0 Å². The lowest BCUT2D eigenvalue weighted by atomic mass is 10.2. The maximum absolute atomic E-state index is 13.2. The van der Waals surface area contributed by atoms with Gasteiger partial charge in [-0.15, -0.1) is 0 Å². The van der Waals surface area contributed by atoms with Gasteiger partial charge in [0.25, 0.3) is 0 Å². The van der Waals surface area contributed by atoms with Crippen LogP contribution in [0.1, 0.15) is 5.56 Å². The van der Waals surface area contributed by atoms with E-state index in [4.69, 9.17) is 0 Å². The van der Waals surface area contributed by atoms with Crippen LogP contribution in [0.4, 0.5) is 10.3 Å². The zero-order valence-corrected chi connectivity index (χ0v) is 11.5. The topological polar surface area (TPSA) is 21.1 Å². The molecule has 1 aromatic heterocycles. The molecule has 0 bridgehead atoms. The highest BCUT2D eigenvalue weighted by molar-refractivity contribution is 5.78. The van der Waals surface area contributed by atoms with Gasteiger partial charge in [-0.1, -0.05) is 24.3 Å². The second-order valence-electron chi connectivity index (χ2n) is 4.95. The zero-order chi connectivity index (χ0) is 14.1. The minimum absolute atomic E-state index is 0.207. The minimum atomic E-state index is -0.207. The summed E-state index contributed by atoms with van der Waals surface area (Å²) in [5.41, 5.74) is 2.99. The molecule has 3 nitrogen and oxygen atoms in total. The van der Waals surface area contributed by atoms with Crippen LogP contribution < -0.4 is 4.90 Å². The van der Waals surface area contributed by atoms with Crippen LogP contribution in [0.15, 0.2) is 48.5 Å². The average molecular weight is 269 g/mol. The first-order valence-electron chi connectivity index (χ1n) is 6.52. The number of hydrogen-bond acceptors (Lipinski definition) is 2. The van der Waals surface area contributed by atoms with Crippen LogP contribution in [0.2, 0.25) is 0 Å². The van der Waals surface area contributed by atoms with Gasteiger partial charge in [-0.05, 0) is 29.8 Å². The third-order valence-corrected chi connectivity index (χ3v) is 3.41. The maximum atomic E-state index is 13.2. The molecule has 1 heterocycles. The van der Waals surface area contributed by atoms with Crippen molar-refractivity contribution in [3.8, 4) is 0 Å². The highest BCUT2D eigenvalue weighted by atomic mass is 19.1. The van der Waals surface area contributed by atoms with E-state index in [1.54, 1.807) is 12.1 Å². The number of hydrogen-bond donors (Lipinski definition) is 0. The fourth-order valence-electron chi connectivity index (χ4n) is 2.45. The fourth-order valence-corrected chi connectivity index (χ4v) is 2.45. The molecule has 20 heavy (non-hydrogen) atoms. The first-order valence-corrected chi connectivity index (χ1v) is 6.52. The molecule has 0 fully saturated rings. The summed E-state index contributed by atoms with van der Waals surface area (Å²) in [4.78, 5) is 6.65. The van der Waals surface area contributed by atoms with E-state index in [0.29, 0.717) is 6.54 Å². The molecule has 0 radical (unpaired) electrons. The molecular formula is C16H16FN3. The molecular weight excluding hydrogens is 253 g/mol. The van der Waals surface area contributed by atoms with Crippen LogP contribution in [-0.4, -0.2) is 16.6 Å². The minimum Gasteiger partial charge on any atom is -0.341 e. The van der Waals surface area contributed by atoms with Crippen LogP contribution in [0.3, 0.4) is 0 Å². The van der Waals surface area contributed by atoms with Crippen molar-refractivity contribution in [3.63, 3.8) is 0 Å². The summed E-state index contributed by atoms with van der Waals surface area (Å²) in [6.07, 6.45) is 0. The Kier molecular flexibility index (Phi) is 3.14. The molecule has 0 aliphatic heterocycles. The summed E-state index contributed by atoms with van der Waals surface area (Å²) in [5.74, 6) is 0.663. The Morgan fingerprint density at radius 3 is 2.70 bits per heavy atom. The molecule has 0 aliphatic rings. The number of nitrogens with zero attached hydrogens (tertiary/aromatic N) is 3. The van der Waals surface area contributed by atoms with Gasteiger partial charge in [0.15, 0.2) is 0 Å². The molecule has 0 aliphatic carbocycles. The Balaban J connectivity index is 1.92. The lowest BCUT2D eigenvalue weighted by Crippen LogP contribution is -2.20. The predicted octanol–water partition coefficient (Wildman–Crippen LogP) is 3.35. The van der Waals surface area contributed by atoms with Crippen LogP contribution in [0, 0.1) is 5.82 Å². The van der Waals surface area contributed by atoms with Gasteiger partial charge in [-0.2, -0.15) is 0 Å². The number of para-hydroxylation sites is 2. The number of halogens is 1. The van der Waals surface area contributed by atoms with E-state index >= 15 is 0 Å². The molecule has 0 N–H and O–H groups in total. The highest BCUT2D eigenvalue weighted by Crippen LogP contribution is 2.21. The van der Waals surface area contributed by atoms with Crippen molar-refractivity contribution in [1.29, 1.82) is 0 Å². The first-order chi connectivity index (χ1) is 9.65. The van der Waals surface area contributed by atoms with E-state index in [-0.39, 0.29) is 5.82 Å². The number of benzene rings is 2. The Hall–Kier alpha value is -2.36. The molecule has 0 spiro atoms. The molecule has 0 unspecified atom stereocenters. The Morgan fingerprint density at radius 2 is 1.95 bits per heavy atom. The number of imidazole rings is 1. The number of aryl methyl sites for hydroxylation is 1. The molecule has 0 amide bonds. The van der Waals surface area contributed by atoms with E-state index in [1.165, 1.54) is 6.07 Å². The summed E-state index contributed by atoms with van der Waals surface area (Å²) in [7, 11) is 3.96. The Bertz CT molecular complexity index is 748. The van der Waals surface area contributed by atoms with Crippen molar-refractivity contribution >= 4 is 17.0 Å². The van der Waals surface area contributed by atoms with Gasteiger partial charge in [0, 0.05) is 20.6 Å².